The van der Waals surface area contributed by atoms with Crippen molar-refractivity contribution in [2.24, 2.45) is 0 Å². The summed E-state index contributed by atoms with van der Waals surface area (Å²) in [4.78, 5) is 50.1. The molecule has 13 heteroatoms. The minimum Gasteiger partial charge on any atom is -0.497 e. The number of carbonyl (C=O) groups is 3. The lowest BCUT2D eigenvalue weighted by Gasteiger charge is -2.15. The van der Waals surface area contributed by atoms with Crippen molar-refractivity contribution < 1.29 is 33.7 Å². The molecule has 0 saturated heterocycles. The van der Waals surface area contributed by atoms with Crippen LogP contribution < -0.4 is 20.7 Å². The predicted octanol–water partition coefficient (Wildman–Crippen LogP) is 16.7. The Kier molecular flexibility index (Phi) is 19.9. The monoisotopic (exact) mass is 1100 g/mol. The highest BCUT2D eigenvalue weighted by atomic mass is 16.5. The predicted molar refractivity (Wildman–Crippen MR) is 333 cm³/mol. The molecule has 13 nitrogen and oxygen atoms in total. The van der Waals surface area contributed by atoms with Crippen LogP contribution in [0.25, 0.3) is 44.9 Å². The van der Waals surface area contributed by atoms with Crippen LogP contribution in [-0.4, -0.2) is 58.3 Å². The minimum absolute atomic E-state index is 0.250. The maximum absolute atomic E-state index is 12.5. The van der Waals surface area contributed by atoms with Crippen LogP contribution in [0.5, 0.6) is 5.75 Å². The van der Waals surface area contributed by atoms with E-state index in [1.807, 2.05) is 198 Å². The molecule has 0 bridgehead atoms. The van der Waals surface area contributed by atoms with Gasteiger partial charge >= 0.3 is 17.9 Å². The highest BCUT2D eigenvalue weighted by Crippen LogP contribution is 2.36. The molecule has 0 aliphatic carbocycles. The first kappa shape index (κ1) is 58.7. The van der Waals surface area contributed by atoms with Crippen LogP contribution in [0, 0.1) is 34.6 Å². The average Bonchev–Trinajstić information content (AvgIpc) is 3.67. The third-order valence-corrected chi connectivity index (χ3v) is 13.1. The molecule has 0 radical (unpaired) electrons. The summed E-state index contributed by atoms with van der Waals surface area (Å²) < 4.78 is 15.8. The van der Waals surface area contributed by atoms with Gasteiger partial charge in [0, 0.05) is 22.3 Å². The standard InChI is InChI=1S/C28H26N2O3.C22H22N2O2.C20H18N2O2/c1-4-33-28(31)25-15-19(2)13-14-26(25)30-22-17-24(20-9-6-5-7-10-20)27(29-18-22)21-11-8-12-23(16-21)32-3;1-4-26-22(25)19-12-15(2)10-11-20(19)24-18-13-16(3)21(23-14-18)17-8-6-5-7-9-17;1-13-8-9-18(17(10-13)20(23)24)22-16-11-14(2)19(21-12-16)15-6-4-3-5-7-15/h5-18,30H,4H2,1-3H3;5-14,24H,4H2,1-3H3;3-12,22H,1-2H3,(H,23,24). The zero-order chi connectivity index (χ0) is 58.8. The van der Waals surface area contributed by atoms with Crippen LogP contribution in [0.4, 0.5) is 34.1 Å². The second kappa shape index (κ2) is 28.1. The van der Waals surface area contributed by atoms with E-state index in [4.69, 9.17) is 19.2 Å². The molecule has 0 aliphatic heterocycles. The summed E-state index contributed by atoms with van der Waals surface area (Å²) in [5, 5.41) is 19.2. The van der Waals surface area contributed by atoms with E-state index in [2.05, 4.69) is 38.1 Å². The fourth-order valence-electron chi connectivity index (χ4n) is 9.15. The highest BCUT2D eigenvalue weighted by Gasteiger charge is 2.18. The smallest absolute Gasteiger partial charge is 0.340 e. The topological polar surface area (TPSA) is 174 Å². The molecule has 4 N–H and O–H groups in total. The Morgan fingerprint density at radius 1 is 0.422 bits per heavy atom. The SMILES string of the molecule is CCOC(=O)c1cc(C)ccc1Nc1cnc(-c2cccc(OC)c2)c(-c2ccccc2)c1.CCOC(=O)c1cc(C)ccc1Nc1cnc(-c2ccccc2)c(C)c1.Cc1ccc(Nc2cnc(-c3ccccc3)c(C)c2)c(C(=O)O)c1. The van der Waals surface area contributed by atoms with Crippen molar-refractivity contribution in [1.29, 1.82) is 0 Å². The summed E-state index contributed by atoms with van der Waals surface area (Å²) in [6, 6.07) is 60.7. The van der Waals surface area contributed by atoms with Gasteiger partial charge in [-0.3, -0.25) is 15.0 Å². The molecule has 10 rings (SSSR count). The number of carboxylic acids is 1. The van der Waals surface area contributed by atoms with E-state index < -0.39 is 5.97 Å². The average molecular weight is 1100 g/mol. The number of carbonyl (C=O) groups excluding carboxylic acids is 2. The van der Waals surface area contributed by atoms with E-state index >= 15 is 0 Å². The van der Waals surface area contributed by atoms with E-state index in [1.54, 1.807) is 51.7 Å². The van der Waals surface area contributed by atoms with Crippen LogP contribution in [-0.2, 0) is 9.47 Å². The summed E-state index contributed by atoms with van der Waals surface area (Å²) in [5.41, 5.74) is 18.4. The molecule has 83 heavy (non-hydrogen) atoms. The zero-order valence-corrected chi connectivity index (χ0v) is 47.8. The van der Waals surface area contributed by atoms with Gasteiger partial charge in [-0.1, -0.05) is 138 Å². The second-order valence-electron chi connectivity index (χ2n) is 19.5. The Morgan fingerprint density at radius 2 is 0.807 bits per heavy atom. The van der Waals surface area contributed by atoms with Crippen molar-refractivity contribution in [1.82, 2.24) is 15.0 Å². The molecule has 0 saturated carbocycles. The van der Waals surface area contributed by atoms with Crippen molar-refractivity contribution in [3.05, 3.63) is 251 Å². The largest absolute Gasteiger partial charge is 0.497 e. The number of aromatic nitrogens is 3. The number of aromatic carboxylic acids is 1. The molecule has 0 atom stereocenters. The van der Waals surface area contributed by atoms with Gasteiger partial charge in [0.05, 0.1) is 107 Å². The number of nitrogens with one attached hydrogen (secondary N) is 3. The van der Waals surface area contributed by atoms with Crippen molar-refractivity contribution in [3.63, 3.8) is 0 Å². The number of carboxylic acid groups (broad SMARTS) is 1. The van der Waals surface area contributed by atoms with E-state index in [0.29, 0.717) is 41.4 Å². The van der Waals surface area contributed by atoms with Crippen LogP contribution >= 0.6 is 0 Å². The van der Waals surface area contributed by atoms with Gasteiger partial charge in [-0.25, -0.2) is 14.4 Å². The molecule has 0 unspecified atom stereocenters. The van der Waals surface area contributed by atoms with E-state index in [1.165, 1.54) is 0 Å². The molecule has 3 heterocycles. The Balaban J connectivity index is 0.000000165. The Morgan fingerprint density at radius 3 is 1.22 bits per heavy atom. The van der Waals surface area contributed by atoms with Crippen molar-refractivity contribution in [2.75, 3.05) is 36.3 Å². The van der Waals surface area contributed by atoms with Crippen LogP contribution in [0.2, 0.25) is 0 Å². The second-order valence-corrected chi connectivity index (χ2v) is 19.5. The van der Waals surface area contributed by atoms with Crippen molar-refractivity contribution in [3.8, 4) is 50.6 Å². The molecule has 0 aliphatic rings. The number of hydrogen-bond acceptors (Lipinski definition) is 12. The Bertz CT molecular complexity index is 3870. The number of rotatable bonds is 16. The van der Waals surface area contributed by atoms with Crippen molar-refractivity contribution in [2.45, 2.75) is 48.5 Å². The third kappa shape index (κ3) is 15.5. The van der Waals surface area contributed by atoms with Crippen LogP contribution in [0.1, 0.15) is 72.7 Å². The van der Waals surface area contributed by atoms with Gasteiger partial charge in [-0.05, 0) is 132 Å². The fourth-order valence-corrected chi connectivity index (χ4v) is 9.15. The number of ether oxygens (including phenoxy) is 3. The molecular weight excluding hydrogens is 1040 g/mol. The first-order chi connectivity index (χ1) is 40.2. The summed E-state index contributed by atoms with van der Waals surface area (Å²) in [6.07, 6.45) is 5.28. The van der Waals surface area contributed by atoms with Gasteiger partial charge in [-0.15, -0.1) is 0 Å². The lowest BCUT2D eigenvalue weighted by molar-refractivity contribution is 0.0517. The first-order valence-corrected chi connectivity index (χ1v) is 27.2. The van der Waals surface area contributed by atoms with E-state index in [0.717, 1.165) is 95.5 Å². The lowest BCUT2D eigenvalue weighted by Crippen LogP contribution is -2.08. The molecule has 0 amide bonds. The Labute approximate surface area is 485 Å². The third-order valence-electron chi connectivity index (χ3n) is 13.1. The summed E-state index contributed by atoms with van der Waals surface area (Å²) >= 11 is 0. The Hall–Kier alpha value is -10.4. The fraction of sp³-hybridized carbons (Fsp3) is 0.143. The van der Waals surface area contributed by atoms with Gasteiger partial charge < -0.3 is 35.3 Å². The lowest BCUT2D eigenvalue weighted by atomic mass is 9.98. The van der Waals surface area contributed by atoms with E-state index in [9.17, 15) is 19.5 Å². The number of methoxy groups -OCH3 is 1. The van der Waals surface area contributed by atoms with Gasteiger partial charge in [-0.2, -0.15) is 0 Å². The summed E-state index contributed by atoms with van der Waals surface area (Å²) in [5.74, 6) is -0.863. The van der Waals surface area contributed by atoms with E-state index in [-0.39, 0.29) is 17.5 Å². The quantitative estimate of drug-likeness (QED) is 0.0674. The zero-order valence-electron chi connectivity index (χ0n) is 47.8. The van der Waals surface area contributed by atoms with Gasteiger partial charge in [0.15, 0.2) is 0 Å². The number of pyridine rings is 3. The van der Waals surface area contributed by atoms with Gasteiger partial charge in [0.1, 0.15) is 5.75 Å². The molecule has 3 aromatic heterocycles. The van der Waals surface area contributed by atoms with Gasteiger partial charge in [0.25, 0.3) is 0 Å². The van der Waals surface area contributed by atoms with Crippen LogP contribution in [0.15, 0.2) is 207 Å². The summed E-state index contributed by atoms with van der Waals surface area (Å²) in [7, 11) is 1.65. The first-order valence-electron chi connectivity index (χ1n) is 27.2. The maximum atomic E-state index is 12.5. The maximum Gasteiger partial charge on any atom is 0.340 e. The number of benzene rings is 7. The summed E-state index contributed by atoms with van der Waals surface area (Å²) in [6.45, 7) is 14.1. The molecular formula is C70H66N6O7. The molecule has 10 aromatic rings. The normalized spacial score (nSPS) is 10.5. The molecule has 7 aromatic carbocycles. The number of nitrogens with zero attached hydrogens (tertiary/aromatic N) is 3. The highest BCUT2D eigenvalue weighted by molar-refractivity contribution is 5.98. The number of anilines is 6. The van der Waals surface area contributed by atoms with Crippen LogP contribution in [0.3, 0.4) is 0 Å². The molecule has 0 fully saturated rings. The number of aryl methyl sites for hydroxylation is 5. The molecule has 0 spiro atoms. The number of hydrogen-bond donors (Lipinski definition) is 4. The van der Waals surface area contributed by atoms with Crippen molar-refractivity contribution >= 4 is 52.0 Å². The van der Waals surface area contributed by atoms with Gasteiger partial charge in [0.2, 0.25) is 0 Å². The minimum atomic E-state index is -0.952. The number of esters is 2. The molecule has 418 valence electrons.